The highest BCUT2D eigenvalue weighted by Gasteiger charge is 2.34. The SMILES string of the molecule is O=C(c1cccc2[nH]ccc12)N1CCCC1c1nc2ccccc2c(=O)n1CCO. The van der Waals surface area contributed by atoms with Gasteiger partial charge in [-0.1, -0.05) is 18.2 Å². The first-order valence-electron chi connectivity index (χ1n) is 10.2. The van der Waals surface area contributed by atoms with E-state index in [2.05, 4.69) is 4.98 Å². The van der Waals surface area contributed by atoms with Gasteiger partial charge in [0.25, 0.3) is 11.5 Å². The molecule has 2 aromatic heterocycles. The fourth-order valence-corrected chi connectivity index (χ4v) is 4.46. The van der Waals surface area contributed by atoms with Crippen LogP contribution >= 0.6 is 0 Å². The Kier molecular flexibility index (Phi) is 4.59. The Morgan fingerprint density at radius 3 is 2.87 bits per heavy atom. The van der Waals surface area contributed by atoms with Crippen LogP contribution in [-0.4, -0.2) is 43.6 Å². The normalized spacial score (nSPS) is 16.6. The van der Waals surface area contributed by atoms with Gasteiger partial charge in [-0.15, -0.1) is 0 Å². The van der Waals surface area contributed by atoms with Crippen molar-refractivity contribution >= 4 is 27.7 Å². The molecular weight excluding hydrogens is 380 g/mol. The molecule has 2 aromatic carbocycles. The third-order valence-electron chi connectivity index (χ3n) is 5.85. The third kappa shape index (κ3) is 2.90. The van der Waals surface area contributed by atoms with Crippen molar-refractivity contribution in [2.75, 3.05) is 13.2 Å². The molecule has 0 saturated carbocycles. The summed E-state index contributed by atoms with van der Waals surface area (Å²) in [4.78, 5) is 36.3. The predicted octanol–water partition coefficient (Wildman–Crippen LogP) is 2.85. The minimum absolute atomic E-state index is 0.0688. The van der Waals surface area contributed by atoms with Gasteiger partial charge in [0, 0.05) is 29.2 Å². The molecule has 2 N–H and O–H groups in total. The van der Waals surface area contributed by atoms with Gasteiger partial charge in [-0.25, -0.2) is 4.98 Å². The highest BCUT2D eigenvalue weighted by atomic mass is 16.3. The lowest BCUT2D eigenvalue weighted by molar-refractivity contribution is 0.0728. The number of carbonyl (C=O) groups excluding carboxylic acids is 1. The predicted molar refractivity (Wildman–Crippen MR) is 114 cm³/mol. The van der Waals surface area contributed by atoms with Crippen LogP contribution in [0.25, 0.3) is 21.8 Å². The molecule has 0 aliphatic carbocycles. The van der Waals surface area contributed by atoms with Gasteiger partial charge in [-0.2, -0.15) is 0 Å². The standard InChI is InChI=1S/C23H22N4O3/c28-14-13-27-21(25-19-7-2-1-5-17(19)23(27)30)20-9-4-12-26(20)22(29)16-6-3-8-18-15(16)10-11-24-18/h1-3,5-8,10-11,20,24,28H,4,9,12-14H2. The molecule has 1 saturated heterocycles. The lowest BCUT2D eigenvalue weighted by atomic mass is 10.1. The van der Waals surface area contributed by atoms with E-state index in [1.807, 2.05) is 47.5 Å². The van der Waals surface area contributed by atoms with Gasteiger partial charge in [-0.05, 0) is 43.2 Å². The Bertz CT molecular complexity index is 1310. The maximum absolute atomic E-state index is 13.5. The maximum atomic E-state index is 13.5. The topological polar surface area (TPSA) is 91.2 Å². The van der Waals surface area contributed by atoms with E-state index in [9.17, 15) is 14.7 Å². The summed E-state index contributed by atoms with van der Waals surface area (Å²) < 4.78 is 1.52. The molecule has 0 spiro atoms. The highest BCUT2D eigenvalue weighted by molar-refractivity contribution is 6.06. The Morgan fingerprint density at radius 1 is 1.13 bits per heavy atom. The smallest absolute Gasteiger partial charge is 0.261 e. The van der Waals surface area contributed by atoms with Crippen molar-refractivity contribution < 1.29 is 9.90 Å². The monoisotopic (exact) mass is 402 g/mol. The van der Waals surface area contributed by atoms with Gasteiger partial charge >= 0.3 is 0 Å². The Morgan fingerprint density at radius 2 is 2.00 bits per heavy atom. The van der Waals surface area contributed by atoms with Gasteiger partial charge in [-0.3, -0.25) is 14.2 Å². The summed E-state index contributed by atoms with van der Waals surface area (Å²) in [6.45, 7) is 0.584. The molecular formula is C23H22N4O3. The van der Waals surface area contributed by atoms with E-state index in [0.717, 1.165) is 23.7 Å². The first-order chi connectivity index (χ1) is 14.7. The summed E-state index contributed by atoms with van der Waals surface area (Å²) in [5, 5.41) is 11.0. The van der Waals surface area contributed by atoms with Crippen LogP contribution in [0.5, 0.6) is 0 Å². The second kappa shape index (κ2) is 7.42. The van der Waals surface area contributed by atoms with Crippen LogP contribution in [0.1, 0.15) is 35.1 Å². The van der Waals surface area contributed by atoms with Crippen molar-refractivity contribution in [2.24, 2.45) is 0 Å². The molecule has 1 unspecified atom stereocenters. The zero-order valence-corrected chi connectivity index (χ0v) is 16.4. The van der Waals surface area contributed by atoms with Gasteiger partial charge in [0.15, 0.2) is 0 Å². The number of amides is 1. The van der Waals surface area contributed by atoms with E-state index in [1.54, 1.807) is 12.1 Å². The maximum Gasteiger partial charge on any atom is 0.261 e. The molecule has 4 aromatic rings. The fraction of sp³-hybridized carbons (Fsp3) is 0.261. The number of nitrogens with one attached hydrogen (secondary N) is 1. The molecule has 1 aliphatic heterocycles. The zero-order chi connectivity index (χ0) is 20.7. The minimum Gasteiger partial charge on any atom is -0.395 e. The van der Waals surface area contributed by atoms with E-state index < -0.39 is 0 Å². The van der Waals surface area contributed by atoms with Crippen LogP contribution in [0.3, 0.4) is 0 Å². The molecule has 152 valence electrons. The van der Waals surface area contributed by atoms with Crippen molar-refractivity contribution in [3.05, 3.63) is 76.5 Å². The molecule has 1 aliphatic rings. The van der Waals surface area contributed by atoms with E-state index in [-0.39, 0.29) is 30.7 Å². The van der Waals surface area contributed by atoms with Crippen LogP contribution in [0.15, 0.2) is 59.5 Å². The largest absolute Gasteiger partial charge is 0.395 e. The molecule has 7 nitrogen and oxygen atoms in total. The van der Waals surface area contributed by atoms with Gasteiger partial charge in [0.05, 0.1) is 30.1 Å². The first-order valence-corrected chi connectivity index (χ1v) is 10.2. The molecule has 0 bridgehead atoms. The number of likely N-dealkylation sites (tertiary alicyclic amines) is 1. The Labute approximate surface area is 172 Å². The molecule has 5 rings (SSSR count). The minimum atomic E-state index is -0.310. The van der Waals surface area contributed by atoms with Crippen molar-refractivity contribution in [2.45, 2.75) is 25.4 Å². The molecule has 30 heavy (non-hydrogen) atoms. The summed E-state index contributed by atoms with van der Waals surface area (Å²) in [6, 6.07) is 14.4. The summed E-state index contributed by atoms with van der Waals surface area (Å²) >= 11 is 0. The summed E-state index contributed by atoms with van der Waals surface area (Å²) in [5.41, 5.74) is 1.98. The van der Waals surface area contributed by atoms with Crippen LogP contribution in [0, 0.1) is 0 Å². The highest BCUT2D eigenvalue weighted by Crippen LogP contribution is 2.33. The number of aromatic amines is 1. The number of aromatic nitrogens is 3. The molecule has 0 radical (unpaired) electrons. The third-order valence-corrected chi connectivity index (χ3v) is 5.85. The Balaban J connectivity index is 1.62. The number of nitrogens with zero attached hydrogens (tertiary/aromatic N) is 3. The lowest BCUT2D eigenvalue weighted by Crippen LogP contribution is -2.36. The van der Waals surface area contributed by atoms with Crippen LogP contribution in [0.2, 0.25) is 0 Å². The van der Waals surface area contributed by atoms with Crippen molar-refractivity contribution in [1.82, 2.24) is 19.4 Å². The number of hydrogen-bond donors (Lipinski definition) is 2. The first kappa shape index (κ1) is 18.6. The van der Waals surface area contributed by atoms with Gasteiger partial charge < -0.3 is 15.0 Å². The van der Waals surface area contributed by atoms with Crippen molar-refractivity contribution in [1.29, 1.82) is 0 Å². The van der Waals surface area contributed by atoms with Crippen LogP contribution < -0.4 is 5.56 Å². The average molecular weight is 402 g/mol. The molecule has 1 atom stereocenters. The summed E-state index contributed by atoms with van der Waals surface area (Å²) in [6.07, 6.45) is 3.39. The fourth-order valence-electron chi connectivity index (χ4n) is 4.46. The lowest BCUT2D eigenvalue weighted by Gasteiger charge is -2.27. The second-order valence-electron chi connectivity index (χ2n) is 7.57. The molecule has 1 amide bonds. The van der Waals surface area contributed by atoms with E-state index in [1.165, 1.54) is 4.57 Å². The summed E-state index contributed by atoms with van der Waals surface area (Å²) in [7, 11) is 0. The Hall–Kier alpha value is -3.45. The number of fused-ring (bicyclic) bond motifs is 2. The molecule has 1 fully saturated rings. The molecule has 3 heterocycles. The number of aliphatic hydroxyl groups is 1. The number of aliphatic hydroxyl groups excluding tert-OH is 1. The molecule has 7 heteroatoms. The van der Waals surface area contributed by atoms with E-state index >= 15 is 0 Å². The zero-order valence-electron chi connectivity index (χ0n) is 16.4. The summed E-state index contributed by atoms with van der Waals surface area (Å²) in [5.74, 6) is 0.473. The quantitative estimate of drug-likeness (QED) is 0.549. The number of rotatable bonds is 4. The van der Waals surface area contributed by atoms with Crippen molar-refractivity contribution in [3.63, 3.8) is 0 Å². The number of benzene rings is 2. The number of H-pyrrole nitrogens is 1. The van der Waals surface area contributed by atoms with E-state index in [0.29, 0.717) is 28.8 Å². The number of carbonyl (C=O) groups is 1. The van der Waals surface area contributed by atoms with E-state index in [4.69, 9.17) is 4.98 Å². The van der Waals surface area contributed by atoms with Gasteiger partial charge in [0.1, 0.15) is 5.82 Å². The number of hydrogen-bond acceptors (Lipinski definition) is 4. The van der Waals surface area contributed by atoms with Gasteiger partial charge in [0.2, 0.25) is 0 Å². The second-order valence-corrected chi connectivity index (χ2v) is 7.57. The van der Waals surface area contributed by atoms with Crippen molar-refractivity contribution in [3.8, 4) is 0 Å². The van der Waals surface area contributed by atoms with Crippen LogP contribution in [0.4, 0.5) is 0 Å². The average Bonchev–Trinajstić information content (AvgIpc) is 3.44. The van der Waals surface area contributed by atoms with Crippen LogP contribution in [-0.2, 0) is 6.54 Å². The number of para-hydroxylation sites is 1.